The van der Waals surface area contributed by atoms with Gasteiger partial charge in [-0.3, -0.25) is 4.79 Å². The third-order valence-electron chi connectivity index (χ3n) is 4.19. The molecule has 4 rings (SSSR count). The highest BCUT2D eigenvalue weighted by Gasteiger charge is 2.72. The molecular weight excluding hydrogens is 332 g/mol. The lowest BCUT2D eigenvalue weighted by atomic mass is 9.35. The van der Waals surface area contributed by atoms with Gasteiger partial charge in [0.2, 0.25) is 0 Å². The number of carbonyl (C=O) groups is 1. The van der Waals surface area contributed by atoms with Gasteiger partial charge in [-0.05, 0) is 37.5 Å². The highest BCUT2D eigenvalue weighted by atomic mass is 79.9. The number of esters is 1. The molecule has 19 heavy (non-hydrogen) atoms. The van der Waals surface area contributed by atoms with E-state index in [1.807, 2.05) is 12.1 Å². The summed E-state index contributed by atoms with van der Waals surface area (Å²) < 4.78 is 11.6. The Morgan fingerprint density at radius 3 is 2.74 bits per heavy atom. The molecule has 0 aromatic heterocycles. The van der Waals surface area contributed by atoms with Crippen molar-refractivity contribution in [2.75, 3.05) is 13.7 Å². The molecule has 0 radical (unpaired) electrons. The number of hydrogen-bond acceptors (Lipinski definition) is 3. The quantitative estimate of drug-likeness (QED) is 0.778. The van der Waals surface area contributed by atoms with Crippen LogP contribution in [0.1, 0.15) is 19.3 Å². The Kier molecular flexibility index (Phi) is 3.06. The lowest BCUT2D eigenvalue weighted by Crippen LogP contribution is -2.67. The number of halogens is 2. The summed E-state index contributed by atoms with van der Waals surface area (Å²) in [5.41, 5.74) is -0.0565. The van der Waals surface area contributed by atoms with Gasteiger partial charge in [0, 0.05) is 9.89 Å². The van der Waals surface area contributed by atoms with Crippen molar-refractivity contribution in [3.63, 3.8) is 0 Å². The largest absolute Gasteiger partial charge is 0.491 e. The normalized spacial score (nSPS) is 31.1. The van der Waals surface area contributed by atoms with Crippen LogP contribution >= 0.6 is 27.5 Å². The van der Waals surface area contributed by atoms with E-state index >= 15 is 0 Å². The molecule has 1 aromatic rings. The maximum atomic E-state index is 11.6. The smallest absolute Gasteiger partial charge is 0.311 e. The Morgan fingerprint density at radius 2 is 2.11 bits per heavy atom. The SMILES string of the molecule is COC(=O)C12CC(COc3cc(Br)ccc3Cl)(C1)C2. The molecule has 3 aliphatic carbocycles. The van der Waals surface area contributed by atoms with Gasteiger partial charge in [-0.2, -0.15) is 0 Å². The molecular formula is C14H14BrClO3. The zero-order chi connectivity index (χ0) is 13.7. The summed E-state index contributed by atoms with van der Waals surface area (Å²) >= 11 is 9.47. The predicted molar refractivity (Wildman–Crippen MR) is 75.4 cm³/mol. The number of carbonyl (C=O) groups excluding carboxylic acids is 1. The number of rotatable bonds is 4. The first kappa shape index (κ1) is 13.3. The highest BCUT2D eigenvalue weighted by Crippen LogP contribution is 2.73. The molecule has 3 nitrogen and oxygen atoms in total. The standard InChI is InChI=1S/C14H14BrClO3/c1-18-12(17)14-5-13(6-14,7-14)8-19-11-4-9(15)2-3-10(11)16/h2-4H,5-8H2,1H3. The summed E-state index contributed by atoms with van der Waals surface area (Å²) in [5, 5.41) is 0.609. The minimum Gasteiger partial charge on any atom is -0.491 e. The molecule has 102 valence electrons. The third-order valence-corrected chi connectivity index (χ3v) is 4.99. The second kappa shape index (κ2) is 4.38. The first-order valence-electron chi connectivity index (χ1n) is 6.15. The van der Waals surface area contributed by atoms with E-state index in [0.717, 1.165) is 23.7 Å². The minimum absolute atomic E-state index is 0.0742. The maximum absolute atomic E-state index is 11.6. The van der Waals surface area contributed by atoms with Gasteiger partial charge in [-0.1, -0.05) is 27.5 Å². The Labute approximate surface area is 125 Å². The van der Waals surface area contributed by atoms with Crippen LogP contribution < -0.4 is 4.74 Å². The molecule has 0 spiro atoms. The fourth-order valence-corrected chi connectivity index (χ4v) is 3.92. The first-order chi connectivity index (χ1) is 8.99. The summed E-state index contributed by atoms with van der Waals surface area (Å²) in [6, 6.07) is 5.55. The topological polar surface area (TPSA) is 35.5 Å². The molecule has 0 amide bonds. The van der Waals surface area contributed by atoms with E-state index in [1.165, 1.54) is 7.11 Å². The van der Waals surface area contributed by atoms with Gasteiger partial charge in [-0.15, -0.1) is 0 Å². The van der Waals surface area contributed by atoms with Gasteiger partial charge in [-0.25, -0.2) is 0 Å². The number of hydrogen-bond donors (Lipinski definition) is 0. The lowest BCUT2D eigenvalue weighted by molar-refractivity contribution is -0.233. The van der Waals surface area contributed by atoms with Crippen LogP contribution in [0.15, 0.2) is 22.7 Å². The van der Waals surface area contributed by atoms with Crippen LogP contribution in [-0.2, 0) is 9.53 Å². The first-order valence-corrected chi connectivity index (χ1v) is 7.32. The van der Waals surface area contributed by atoms with Crippen molar-refractivity contribution in [3.8, 4) is 5.75 Å². The summed E-state index contributed by atoms with van der Waals surface area (Å²) in [4.78, 5) is 11.6. The molecule has 3 aliphatic rings. The summed E-state index contributed by atoms with van der Waals surface area (Å²) in [6.07, 6.45) is 2.62. The van der Waals surface area contributed by atoms with Gasteiger partial charge >= 0.3 is 5.97 Å². The Bertz CT molecular complexity index is 524. The third kappa shape index (κ3) is 2.05. The highest BCUT2D eigenvalue weighted by molar-refractivity contribution is 9.10. The average Bonchev–Trinajstić information content (AvgIpc) is 2.29. The molecule has 3 saturated carbocycles. The van der Waals surface area contributed by atoms with Crippen LogP contribution in [0.4, 0.5) is 0 Å². The van der Waals surface area contributed by atoms with Gasteiger partial charge < -0.3 is 9.47 Å². The van der Waals surface area contributed by atoms with Gasteiger partial charge in [0.25, 0.3) is 0 Å². The molecule has 1 aromatic carbocycles. The summed E-state index contributed by atoms with van der Waals surface area (Å²) in [6.45, 7) is 0.613. The van der Waals surface area contributed by atoms with E-state index < -0.39 is 0 Å². The predicted octanol–water partition coefficient (Wildman–Crippen LogP) is 3.82. The van der Waals surface area contributed by atoms with E-state index in [1.54, 1.807) is 6.07 Å². The van der Waals surface area contributed by atoms with Crippen molar-refractivity contribution >= 4 is 33.5 Å². The number of ether oxygens (including phenoxy) is 2. The van der Waals surface area contributed by atoms with Crippen molar-refractivity contribution in [1.29, 1.82) is 0 Å². The van der Waals surface area contributed by atoms with Crippen molar-refractivity contribution in [2.45, 2.75) is 19.3 Å². The van der Waals surface area contributed by atoms with Gasteiger partial charge in [0.1, 0.15) is 5.75 Å². The zero-order valence-electron chi connectivity index (χ0n) is 10.5. The van der Waals surface area contributed by atoms with Crippen molar-refractivity contribution in [1.82, 2.24) is 0 Å². The van der Waals surface area contributed by atoms with Crippen LogP contribution in [0.3, 0.4) is 0 Å². The molecule has 5 heteroatoms. The molecule has 0 aliphatic heterocycles. The molecule has 0 N–H and O–H groups in total. The molecule has 0 unspecified atom stereocenters. The summed E-state index contributed by atoms with van der Waals surface area (Å²) in [7, 11) is 1.45. The second-order valence-corrected chi connectivity index (χ2v) is 6.99. The van der Waals surface area contributed by atoms with Crippen molar-refractivity contribution in [2.24, 2.45) is 10.8 Å². The van der Waals surface area contributed by atoms with E-state index in [2.05, 4.69) is 15.9 Å². The maximum Gasteiger partial charge on any atom is 0.311 e. The summed E-state index contributed by atoms with van der Waals surface area (Å²) in [5.74, 6) is 0.614. The Hall–Kier alpha value is -0.740. The molecule has 2 bridgehead atoms. The Morgan fingerprint density at radius 1 is 1.42 bits per heavy atom. The Balaban J connectivity index is 1.59. The van der Waals surface area contributed by atoms with Crippen LogP contribution in [0, 0.1) is 10.8 Å². The number of methoxy groups -OCH3 is 1. The number of benzene rings is 1. The molecule has 0 saturated heterocycles. The van der Waals surface area contributed by atoms with E-state index in [4.69, 9.17) is 21.1 Å². The van der Waals surface area contributed by atoms with Crippen molar-refractivity contribution in [3.05, 3.63) is 27.7 Å². The molecule has 3 fully saturated rings. The van der Waals surface area contributed by atoms with Gasteiger partial charge in [0.15, 0.2) is 0 Å². The molecule has 0 heterocycles. The molecule has 0 atom stereocenters. The average molecular weight is 346 g/mol. The second-order valence-electron chi connectivity index (χ2n) is 5.67. The fourth-order valence-electron chi connectivity index (χ4n) is 3.40. The minimum atomic E-state index is -0.209. The zero-order valence-corrected chi connectivity index (χ0v) is 12.9. The van der Waals surface area contributed by atoms with Gasteiger partial charge in [0.05, 0.1) is 24.2 Å². The van der Waals surface area contributed by atoms with Crippen LogP contribution in [0.2, 0.25) is 5.02 Å². The van der Waals surface area contributed by atoms with Crippen molar-refractivity contribution < 1.29 is 14.3 Å². The van der Waals surface area contributed by atoms with E-state index in [0.29, 0.717) is 17.4 Å². The lowest BCUT2D eigenvalue weighted by Gasteiger charge is -2.68. The van der Waals surface area contributed by atoms with E-state index in [-0.39, 0.29) is 16.8 Å². The van der Waals surface area contributed by atoms with Crippen LogP contribution in [0.5, 0.6) is 5.75 Å². The van der Waals surface area contributed by atoms with E-state index in [9.17, 15) is 4.79 Å². The fraction of sp³-hybridized carbons (Fsp3) is 0.500. The van der Waals surface area contributed by atoms with Crippen LogP contribution in [0.25, 0.3) is 0 Å². The monoisotopic (exact) mass is 344 g/mol. The van der Waals surface area contributed by atoms with Crippen LogP contribution in [-0.4, -0.2) is 19.7 Å².